The second-order valence-electron chi connectivity index (χ2n) is 6.14. The molecule has 0 bridgehead atoms. The molecule has 2 aromatic carbocycles. The monoisotopic (exact) mass is 346 g/mol. The van der Waals surface area contributed by atoms with Gasteiger partial charge in [0.1, 0.15) is 5.75 Å². The second kappa shape index (κ2) is 6.73. The van der Waals surface area contributed by atoms with Crippen molar-refractivity contribution in [3.63, 3.8) is 0 Å². The molecule has 6 heteroatoms. The Hall–Kier alpha value is -3.59. The molecule has 2 N–H and O–H groups in total. The Morgan fingerprint density at radius 2 is 1.96 bits per heavy atom. The minimum absolute atomic E-state index is 0.100. The van der Waals surface area contributed by atoms with E-state index >= 15 is 0 Å². The van der Waals surface area contributed by atoms with E-state index in [0.29, 0.717) is 16.8 Å². The molecule has 0 saturated carbocycles. The zero-order valence-electron chi connectivity index (χ0n) is 14.7. The molecular formula is C20H18N4O2. The van der Waals surface area contributed by atoms with Crippen LogP contribution in [0.1, 0.15) is 32.7 Å². The smallest absolute Gasteiger partial charge is 0.259 e. The topological polar surface area (TPSA) is 90.9 Å². The van der Waals surface area contributed by atoms with Crippen molar-refractivity contribution >= 4 is 11.6 Å². The third-order valence-electron chi connectivity index (χ3n) is 4.22. The molecule has 0 fully saturated rings. The Bertz CT molecular complexity index is 1040. The van der Waals surface area contributed by atoms with Crippen LogP contribution in [0.15, 0.2) is 42.6 Å². The number of nitriles is 1. The average Bonchev–Trinajstić information content (AvgIpc) is 3.00. The van der Waals surface area contributed by atoms with Crippen molar-refractivity contribution < 1.29 is 9.90 Å². The van der Waals surface area contributed by atoms with Crippen molar-refractivity contribution in [1.82, 2.24) is 9.78 Å². The highest BCUT2D eigenvalue weighted by molar-refractivity contribution is 6.05. The molecule has 3 aromatic rings. The van der Waals surface area contributed by atoms with E-state index in [4.69, 9.17) is 5.26 Å². The van der Waals surface area contributed by atoms with Crippen LogP contribution in [-0.2, 0) is 0 Å². The van der Waals surface area contributed by atoms with Gasteiger partial charge >= 0.3 is 0 Å². The van der Waals surface area contributed by atoms with Crippen LogP contribution in [0.4, 0.5) is 5.69 Å². The maximum Gasteiger partial charge on any atom is 0.259 e. The summed E-state index contributed by atoms with van der Waals surface area (Å²) in [5, 5.41) is 25.9. The first-order chi connectivity index (χ1) is 12.4. The molecule has 0 atom stereocenters. The Balaban J connectivity index is 1.94. The van der Waals surface area contributed by atoms with Crippen LogP contribution in [-0.4, -0.2) is 20.8 Å². The van der Waals surface area contributed by atoms with Crippen LogP contribution in [0.25, 0.3) is 5.69 Å². The van der Waals surface area contributed by atoms with Crippen molar-refractivity contribution in [1.29, 1.82) is 5.26 Å². The van der Waals surface area contributed by atoms with Gasteiger partial charge < -0.3 is 10.4 Å². The minimum atomic E-state index is -0.399. The third kappa shape index (κ3) is 3.15. The van der Waals surface area contributed by atoms with E-state index in [9.17, 15) is 9.90 Å². The minimum Gasteiger partial charge on any atom is -0.506 e. The fraction of sp³-hybridized carbons (Fsp3) is 0.150. The van der Waals surface area contributed by atoms with Gasteiger partial charge in [-0.15, -0.1) is 0 Å². The first kappa shape index (κ1) is 17.2. The molecule has 3 rings (SSSR count). The Morgan fingerprint density at radius 1 is 1.19 bits per heavy atom. The molecule has 1 heterocycles. The number of anilines is 1. The van der Waals surface area contributed by atoms with Gasteiger partial charge in [-0.3, -0.25) is 4.79 Å². The number of aryl methyl sites for hydroxylation is 2. The molecule has 26 heavy (non-hydrogen) atoms. The van der Waals surface area contributed by atoms with E-state index in [1.165, 1.54) is 24.4 Å². The predicted molar refractivity (Wildman–Crippen MR) is 98.6 cm³/mol. The molecule has 0 aliphatic rings. The maximum absolute atomic E-state index is 12.6. The Morgan fingerprint density at radius 3 is 2.69 bits per heavy atom. The maximum atomic E-state index is 12.6. The first-order valence-corrected chi connectivity index (χ1v) is 8.07. The van der Waals surface area contributed by atoms with Crippen LogP contribution in [0, 0.1) is 32.1 Å². The number of rotatable bonds is 3. The summed E-state index contributed by atoms with van der Waals surface area (Å²) in [6.07, 6.45) is 1.50. The molecule has 0 aliphatic carbocycles. The highest BCUT2D eigenvalue weighted by Gasteiger charge is 2.17. The van der Waals surface area contributed by atoms with Crippen LogP contribution in [0.5, 0.6) is 5.75 Å². The fourth-order valence-electron chi connectivity index (χ4n) is 2.72. The lowest BCUT2D eigenvalue weighted by molar-refractivity contribution is 0.102. The van der Waals surface area contributed by atoms with Crippen LogP contribution >= 0.6 is 0 Å². The third-order valence-corrected chi connectivity index (χ3v) is 4.22. The molecular weight excluding hydrogens is 328 g/mol. The number of nitrogens with one attached hydrogen (secondary N) is 1. The zero-order valence-corrected chi connectivity index (χ0v) is 14.7. The van der Waals surface area contributed by atoms with E-state index in [-0.39, 0.29) is 11.4 Å². The van der Waals surface area contributed by atoms with Gasteiger partial charge in [0.15, 0.2) is 0 Å². The number of hydrogen-bond donors (Lipinski definition) is 2. The normalized spacial score (nSPS) is 10.4. The Labute approximate surface area is 151 Å². The van der Waals surface area contributed by atoms with Crippen molar-refractivity contribution in [3.8, 4) is 17.5 Å². The van der Waals surface area contributed by atoms with Crippen molar-refractivity contribution in [2.24, 2.45) is 0 Å². The summed E-state index contributed by atoms with van der Waals surface area (Å²) < 4.78 is 1.73. The summed E-state index contributed by atoms with van der Waals surface area (Å²) in [6.45, 7) is 5.80. The molecule has 0 radical (unpaired) electrons. The van der Waals surface area contributed by atoms with Crippen LogP contribution < -0.4 is 5.32 Å². The molecule has 130 valence electrons. The fourth-order valence-corrected chi connectivity index (χ4v) is 2.72. The number of benzene rings is 2. The van der Waals surface area contributed by atoms with Gasteiger partial charge in [0, 0.05) is 0 Å². The molecule has 0 unspecified atom stereocenters. The van der Waals surface area contributed by atoms with Gasteiger partial charge in [0.05, 0.1) is 40.5 Å². The number of hydrogen-bond acceptors (Lipinski definition) is 4. The number of phenols is 1. The van der Waals surface area contributed by atoms with Gasteiger partial charge in [-0.25, -0.2) is 4.68 Å². The highest BCUT2D eigenvalue weighted by Crippen LogP contribution is 2.25. The number of amides is 1. The Kier molecular flexibility index (Phi) is 4.46. The second-order valence-corrected chi connectivity index (χ2v) is 6.14. The van der Waals surface area contributed by atoms with E-state index in [1.807, 2.05) is 45.0 Å². The van der Waals surface area contributed by atoms with Gasteiger partial charge in [0.25, 0.3) is 5.91 Å². The summed E-state index contributed by atoms with van der Waals surface area (Å²) >= 11 is 0. The molecule has 6 nitrogen and oxygen atoms in total. The van der Waals surface area contributed by atoms with Crippen molar-refractivity contribution in [2.75, 3.05) is 5.32 Å². The SMILES string of the molecule is Cc1ccc(C)c(-n2ncc(C(=O)Nc3cc(C#N)ccc3O)c2C)c1. The standard InChI is InChI=1S/C20H18N4O2/c1-12-4-5-13(2)18(8-12)24-14(3)16(11-22-24)20(26)23-17-9-15(10-21)6-7-19(17)25/h4-9,11,25H,1-3H3,(H,23,26). The van der Waals surface area contributed by atoms with E-state index in [2.05, 4.69) is 10.4 Å². The molecule has 1 aromatic heterocycles. The lowest BCUT2D eigenvalue weighted by atomic mass is 10.1. The van der Waals surface area contributed by atoms with Gasteiger partial charge in [-0.05, 0) is 56.2 Å². The number of carbonyl (C=O) groups is 1. The largest absolute Gasteiger partial charge is 0.506 e. The summed E-state index contributed by atoms with van der Waals surface area (Å²) in [4.78, 5) is 12.6. The summed E-state index contributed by atoms with van der Waals surface area (Å²) in [5.41, 5.74) is 4.68. The molecule has 1 amide bonds. The van der Waals surface area contributed by atoms with E-state index in [1.54, 1.807) is 4.68 Å². The number of carbonyl (C=O) groups excluding carboxylic acids is 1. The lowest BCUT2D eigenvalue weighted by Gasteiger charge is -2.10. The number of nitrogens with zero attached hydrogens (tertiary/aromatic N) is 3. The van der Waals surface area contributed by atoms with Crippen molar-refractivity contribution in [3.05, 3.63) is 70.5 Å². The number of aromatic hydroxyl groups is 1. The summed E-state index contributed by atoms with van der Waals surface area (Å²) in [6, 6.07) is 12.3. The average molecular weight is 346 g/mol. The van der Waals surface area contributed by atoms with Gasteiger partial charge in [-0.1, -0.05) is 12.1 Å². The van der Waals surface area contributed by atoms with E-state index < -0.39 is 5.91 Å². The molecule has 0 spiro atoms. The number of aromatic nitrogens is 2. The number of phenolic OH excluding ortho intramolecular Hbond substituents is 1. The summed E-state index contributed by atoms with van der Waals surface area (Å²) in [7, 11) is 0. The quantitative estimate of drug-likeness (QED) is 0.709. The predicted octanol–water partition coefficient (Wildman–Crippen LogP) is 3.63. The first-order valence-electron chi connectivity index (χ1n) is 8.07. The zero-order chi connectivity index (χ0) is 18.8. The molecule has 0 aliphatic heterocycles. The molecule has 0 saturated heterocycles. The summed E-state index contributed by atoms with van der Waals surface area (Å²) in [5.74, 6) is -0.499. The van der Waals surface area contributed by atoms with E-state index in [0.717, 1.165) is 16.8 Å². The van der Waals surface area contributed by atoms with Gasteiger partial charge in [-0.2, -0.15) is 10.4 Å². The van der Waals surface area contributed by atoms with Crippen LogP contribution in [0.2, 0.25) is 0 Å². The van der Waals surface area contributed by atoms with Crippen LogP contribution in [0.3, 0.4) is 0 Å². The van der Waals surface area contributed by atoms with Gasteiger partial charge in [0.2, 0.25) is 0 Å². The van der Waals surface area contributed by atoms with Crippen molar-refractivity contribution in [2.45, 2.75) is 20.8 Å². The highest BCUT2D eigenvalue weighted by atomic mass is 16.3. The lowest BCUT2D eigenvalue weighted by Crippen LogP contribution is -2.13.